The monoisotopic (exact) mass is 296 g/mol. The minimum absolute atomic E-state index is 0.0758. The van der Waals surface area contributed by atoms with Gasteiger partial charge >= 0.3 is 0 Å². The molecule has 6 nitrogen and oxygen atoms in total. The Morgan fingerprint density at radius 1 is 1.20 bits per heavy atom. The van der Waals surface area contributed by atoms with E-state index in [4.69, 9.17) is 0 Å². The molecule has 0 saturated carbocycles. The van der Waals surface area contributed by atoms with Crippen LogP contribution in [0.1, 0.15) is 27.7 Å². The van der Waals surface area contributed by atoms with Gasteiger partial charge in [-0.25, -0.2) is 18.1 Å². The maximum Gasteiger partial charge on any atom is 0.258 e. The molecule has 0 aliphatic rings. The summed E-state index contributed by atoms with van der Waals surface area (Å²) in [6.07, 6.45) is 1.58. The van der Waals surface area contributed by atoms with Crippen molar-refractivity contribution in [3.8, 4) is 0 Å². The second kappa shape index (κ2) is 5.49. The van der Waals surface area contributed by atoms with Gasteiger partial charge in [0.25, 0.3) is 10.0 Å². The number of rotatable bonds is 5. The molecule has 0 spiro atoms. The number of nitrogens with one attached hydrogen (secondary N) is 2. The lowest BCUT2D eigenvalue weighted by Gasteiger charge is -2.25. The van der Waals surface area contributed by atoms with E-state index in [0.29, 0.717) is 11.0 Å². The summed E-state index contributed by atoms with van der Waals surface area (Å²) in [6.45, 7) is 8.00. The molecule has 7 heteroatoms. The van der Waals surface area contributed by atoms with Gasteiger partial charge in [0.15, 0.2) is 10.7 Å². The Kier molecular flexibility index (Phi) is 4.10. The molecular weight excluding hydrogens is 276 g/mol. The van der Waals surface area contributed by atoms with Gasteiger partial charge in [0.05, 0.1) is 5.39 Å². The van der Waals surface area contributed by atoms with Crippen molar-refractivity contribution >= 4 is 21.1 Å². The van der Waals surface area contributed by atoms with Gasteiger partial charge in [-0.2, -0.15) is 5.10 Å². The summed E-state index contributed by atoms with van der Waals surface area (Å²) < 4.78 is 27.8. The zero-order chi connectivity index (χ0) is 14.9. The van der Waals surface area contributed by atoms with E-state index in [1.165, 1.54) is 0 Å². The molecule has 110 valence electrons. The van der Waals surface area contributed by atoms with Crippen molar-refractivity contribution in [1.29, 1.82) is 0 Å². The van der Waals surface area contributed by atoms with E-state index >= 15 is 0 Å². The number of pyridine rings is 1. The molecule has 0 unspecified atom stereocenters. The number of aromatic nitrogens is 3. The fourth-order valence-corrected chi connectivity index (χ4v) is 3.95. The van der Waals surface area contributed by atoms with Crippen molar-refractivity contribution in [2.24, 2.45) is 11.8 Å². The Labute approximate surface area is 119 Å². The fourth-order valence-electron chi connectivity index (χ4n) is 2.31. The van der Waals surface area contributed by atoms with Crippen LogP contribution in [0.3, 0.4) is 0 Å². The Balaban J connectivity index is 2.40. The summed E-state index contributed by atoms with van der Waals surface area (Å²) in [5.74, 6) is 0.411. The van der Waals surface area contributed by atoms with Crippen LogP contribution in [0.15, 0.2) is 23.4 Å². The first-order chi connectivity index (χ1) is 9.33. The van der Waals surface area contributed by atoms with Crippen LogP contribution < -0.4 is 4.72 Å². The maximum atomic E-state index is 12.5. The molecular formula is C13H20N4O2S. The smallest absolute Gasteiger partial charge is 0.258 e. The van der Waals surface area contributed by atoms with Crippen molar-refractivity contribution in [2.45, 2.75) is 38.8 Å². The average molecular weight is 296 g/mol. The highest BCUT2D eigenvalue weighted by Crippen LogP contribution is 2.20. The number of H-pyrrole nitrogens is 1. The molecule has 0 aliphatic carbocycles. The van der Waals surface area contributed by atoms with Gasteiger partial charge in [0.1, 0.15) is 0 Å². The Morgan fingerprint density at radius 3 is 2.45 bits per heavy atom. The van der Waals surface area contributed by atoms with Gasteiger partial charge < -0.3 is 0 Å². The second-order valence-corrected chi connectivity index (χ2v) is 7.21. The first kappa shape index (κ1) is 14.9. The molecule has 0 aromatic carbocycles. The zero-order valence-electron chi connectivity index (χ0n) is 12.1. The molecule has 2 aromatic rings. The van der Waals surface area contributed by atoms with Crippen LogP contribution in [0.5, 0.6) is 0 Å². The van der Waals surface area contributed by atoms with E-state index in [0.717, 1.165) is 0 Å². The van der Waals surface area contributed by atoms with Crippen molar-refractivity contribution in [3.05, 3.63) is 18.3 Å². The van der Waals surface area contributed by atoms with Crippen molar-refractivity contribution in [1.82, 2.24) is 19.9 Å². The molecule has 2 heterocycles. The third-order valence-electron chi connectivity index (χ3n) is 3.29. The van der Waals surface area contributed by atoms with Crippen LogP contribution in [0, 0.1) is 11.8 Å². The lowest BCUT2D eigenvalue weighted by molar-refractivity contribution is 0.355. The van der Waals surface area contributed by atoms with E-state index in [1.54, 1.807) is 18.3 Å². The van der Waals surface area contributed by atoms with Crippen LogP contribution in [0.25, 0.3) is 11.0 Å². The Morgan fingerprint density at radius 2 is 1.85 bits per heavy atom. The van der Waals surface area contributed by atoms with E-state index in [9.17, 15) is 8.42 Å². The molecule has 0 radical (unpaired) electrons. The normalized spacial score (nSPS) is 12.9. The standard InChI is InChI=1S/C13H20N4O2S/c1-8(2)11(9(3)4)17-20(18,19)13-10-6-5-7-14-12(10)15-16-13/h5-9,11,17H,1-4H3,(H,14,15,16). The summed E-state index contributed by atoms with van der Waals surface area (Å²) in [6, 6.07) is 3.26. The fraction of sp³-hybridized carbons (Fsp3) is 0.538. The molecule has 0 aliphatic heterocycles. The SMILES string of the molecule is CC(C)C(NS(=O)(=O)c1[nH]nc2ncccc12)C(C)C. The van der Waals surface area contributed by atoms with E-state index in [-0.39, 0.29) is 22.9 Å². The number of hydrogen-bond acceptors (Lipinski definition) is 4. The second-order valence-electron chi connectivity index (χ2n) is 5.56. The topological polar surface area (TPSA) is 87.7 Å². The molecule has 20 heavy (non-hydrogen) atoms. The number of sulfonamides is 1. The van der Waals surface area contributed by atoms with Crippen LogP contribution in [0.2, 0.25) is 0 Å². The number of aromatic amines is 1. The highest BCUT2D eigenvalue weighted by molar-refractivity contribution is 7.89. The molecule has 2 N–H and O–H groups in total. The van der Waals surface area contributed by atoms with Crippen molar-refractivity contribution < 1.29 is 8.42 Å². The zero-order valence-corrected chi connectivity index (χ0v) is 12.9. The van der Waals surface area contributed by atoms with Gasteiger partial charge in [0.2, 0.25) is 0 Å². The largest absolute Gasteiger partial charge is 0.263 e. The summed E-state index contributed by atoms with van der Waals surface area (Å²) in [5, 5.41) is 7.08. The summed E-state index contributed by atoms with van der Waals surface area (Å²) in [4.78, 5) is 4.03. The Bertz CT molecular complexity index is 683. The van der Waals surface area contributed by atoms with E-state index in [1.807, 2.05) is 27.7 Å². The minimum Gasteiger partial charge on any atom is -0.263 e. The lowest BCUT2D eigenvalue weighted by Crippen LogP contribution is -2.42. The molecule has 0 saturated heterocycles. The van der Waals surface area contributed by atoms with Gasteiger partial charge in [-0.1, -0.05) is 27.7 Å². The van der Waals surface area contributed by atoms with Gasteiger partial charge in [-0.15, -0.1) is 0 Å². The first-order valence-electron chi connectivity index (χ1n) is 6.64. The van der Waals surface area contributed by atoms with Crippen LogP contribution >= 0.6 is 0 Å². The average Bonchev–Trinajstić information content (AvgIpc) is 2.80. The number of nitrogens with zero attached hydrogens (tertiary/aromatic N) is 2. The molecule has 2 rings (SSSR count). The quantitative estimate of drug-likeness (QED) is 0.882. The molecule has 2 aromatic heterocycles. The summed E-state index contributed by atoms with van der Waals surface area (Å²) in [7, 11) is -3.64. The maximum absolute atomic E-state index is 12.5. The predicted molar refractivity (Wildman–Crippen MR) is 77.7 cm³/mol. The third-order valence-corrected chi connectivity index (χ3v) is 4.72. The van der Waals surface area contributed by atoms with Crippen molar-refractivity contribution in [2.75, 3.05) is 0 Å². The predicted octanol–water partition coefficient (Wildman–Crippen LogP) is 1.92. The summed E-state index contributed by atoms with van der Waals surface area (Å²) >= 11 is 0. The molecule has 0 fully saturated rings. The minimum atomic E-state index is -3.64. The van der Waals surface area contributed by atoms with Crippen LogP contribution in [0.4, 0.5) is 0 Å². The van der Waals surface area contributed by atoms with E-state index in [2.05, 4.69) is 19.9 Å². The van der Waals surface area contributed by atoms with Crippen LogP contribution in [-0.2, 0) is 10.0 Å². The number of fused-ring (bicyclic) bond motifs is 1. The van der Waals surface area contributed by atoms with Gasteiger partial charge in [-0.3, -0.25) is 5.10 Å². The van der Waals surface area contributed by atoms with Gasteiger partial charge in [-0.05, 0) is 24.0 Å². The van der Waals surface area contributed by atoms with Crippen LogP contribution in [-0.4, -0.2) is 29.6 Å². The first-order valence-corrected chi connectivity index (χ1v) is 8.12. The lowest BCUT2D eigenvalue weighted by atomic mass is 9.94. The van der Waals surface area contributed by atoms with E-state index < -0.39 is 10.0 Å². The highest BCUT2D eigenvalue weighted by atomic mass is 32.2. The molecule has 0 atom stereocenters. The third kappa shape index (κ3) is 2.83. The Hall–Kier alpha value is -1.47. The highest BCUT2D eigenvalue weighted by Gasteiger charge is 2.27. The van der Waals surface area contributed by atoms with Crippen molar-refractivity contribution in [3.63, 3.8) is 0 Å². The number of hydrogen-bond donors (Lipinski definition) is 2. The molecule has 0 bridgehead atoms. The van der Waals surface area contributed by atoms with Gasteiger partial charge in [0, 0.05) is 12.2 Å². The summed E-state index contributed by atoms with van der Waals surface area (Å²) in [5.41, 5.74) is 0.401. The molecule has 0 amide bonds.